The van der Waals surface area contributed by atoms with Crippen LogP contribution in [-0.4, -0.2) is 50.4 Å². The highest BCUT2D eigenvalue weighted by molar-refractivity contribution is 5.97. The standard InChI is InChI=1S/C30H31FN6/c1-3-24(33-25(4-2)20-37-16-6-5-7-17-37)15-14-22-19-32-36-28(22)30-34-27-13-9-12-26(29(27)35-30)21-10-8-11-23(31)18-21/h3-4,8-15,18-19H,2,5-7,16-17,20H2,1H3,(H,32,36)(H,34,35)/b15-14+,24-3-,33-25?. The first-order valence-electron chi connectivity index (χ1n) is 12.7. The first-order chi connectivity index (χ1) is 18.1. The molecule has 7 heteroatoms. The van der Waals surface area contributed by atoms with Gasteiger partial charge in [0.15, 0.2) is 5.82 Å². The van der Waals surface area contributed by atoms with Crippen molar-refractivity contribution in [2.24, 2.45) is 4.99 Å². The molecule has 0 saturated carbocycles. The number of hydrogen-bond acceptors (Lipinski definition) is 4. The van der Waals surface area contributed by atoms with Gasteiger partial charge in [0.1, 0.15) is 11.5 Å². The minimum atomic E-state index is -0.274. The summed E-state index contributed by atoms with van der Waals surface area (Å²) in [6, 6.07) is 12.4. The summed E-state index contributed by atoms with van der Waals surface area (Å²) >= 11 is 0. The first kappa shape index (κ1) is 24.6. The third-order valence-electron chi connectivity index (χ3n) is 6.63. The number of rotatable bonds is 8. The Balaban J connectivity index is 1.40. The van der Waals surface area contributed by atoms with Gasteiger partial charge < -0.3 is 4.98 Å². The van der Waals surface area contributed by atoms with Crippen LogP contribution >= 0.6 is 0 Å². The predicted octanol–water partition coefficient (Wildman–Crippen LogP) is 6.79. The van der Waals surface area contributed by atoms with Gasteiger partial charge >= 0.3 is 0 Å². The Labute approximate surface area is 216 Å². The summed E-state index contributed by atoms with van der Waals surface area (Å²) in [5.41, 5.74) is 6.78. The Morgan fingerprint density at radius 3 is 2.78 bits per heavy atom. The summed E-state index contributed by atoms with van der Waals surface area (Å²) in [5, 5.41) is 7.32. The molecular weight excluding hydrogens is 463 g/mol. The largest absolute Gasteiger partial charge is 0.337 e. The number of likely N-dealkylation sites (tertiary alicyclic amines) is 1. The van der Waals surface area contributed by atoms with E-state index in [1.807, 2.05) is 55.5 Å². The lowest BCUT2D eigenvalue weighted by Crippen LogP contribution is -2.33. The summed E-state index contributed by atoms with van der Waals surface area (Å²) in [7, 11) is 0. The van der Waals surface area contributed by atoms with Crippen molar-refractivity contribution in [2.75, 3.05) is 19.6 Å². The van der Waals surface area contributed by atoms with Gasteiger partial charge in [0, 0.05) is 17.7 Å². The van der Waals surface area contributed by atoms with Gasteiger partial charge in [0.05, 0.1) is 28.6 Å². The smallest absolute Gasteiger partial charge is 0.157 e. The van der Waals surface area contributed by atoms with Gasteiger partial charge in [-0.1, -0.05) is 43.3 Å². The Morgan fingerprint density at radius 2 is 2.00 bits per heavy atom. The minimum absolute atomic E-state index is 0.274. The topological polar surface area (TPSA) is 73.0 Å². The zero-order valence-corrected chi connectivity index (χ0v) is 21.0. The molecule has 1 saturated heterocycles. The van der Waals surface area contributed by atoms with Gasteiger partial charge in [-0.3, -0.25) is 15.0 Å². The number of nitrogens with zero attached hydrogens (tertiary/aromatic N) is 4. The molecule has 6 nitrogen and oxygen atoms in total. The number of aromatic nitrogens is 4. The maximum absolute atomic E-state index is 13.9. The zero-order valence-electron chi connectivity index (χ0n) is 21.0. The van der Waals surface area contributed by atoms with Gasteiger partial charge in [-0.2, -0.15) is 5.10 Å². The van der Waals surface area contributed by atoms with E-state index >= 15 is 0 Å². The maximum atomic E-state index is 13.9. The fourth-order valence-corrected chi connectivity index (χ4v) is 4.68. The number of allylic oxidation sites excluding steroid dienone is 2. The van der Waals surface area contributed by atoms with Crippen LogP contribution in [0.3, 0.4) is 0 Å². The van der Waals surface area contributed by atoms with Crippen molar-refractivity contribution >= 4 is 22.8 Å². The minimum Gasteiger partial charge on any atom is -0.337 e. The van der Waals surface area contributed by atoms with Gasteiger partial charge in [-0.15, -0.1) is 0 Å². The lowest BCUT2D eigenvalue weighted by molar-refractivity contribution is 0.259. The molecule has 37 heavy (non-hydrogen) atoms. The molecule has 1 fully saturated rings. The first-order valence-corrected chi connectivity index (χ1v) is 12.7. The Bertz CT molecular complexity index is 1480. The van der Waals surface area contributed by atoms with Crippen molar-refractivity contribution in [3.63, 3.8) is 0 Å². The van der Waals surface area contributed by atoms with Crippen LogP contribution in [0.15, 0.2) is 84.2 Å². The molecule has 0 bridgehead atoms. The van der Waals surface area contributed by atoms with Crippen molar-refractivity contribution < 1.29 is 4.39 Å². The Morgan fingerprint density at radius 1 is 1.16 bits per heavy atom. The number of aliphatic imine (C=N–C) groups is 1. The second-order valence-electron chi connectivity index (χ2n) is 9.19. The highest BCUT2D eigenvalue weighted by atomic mass is 19.1. The summed E-state index contributed by atoms with van der Waals surface area (Å²) < 4.78 is 13.9. The number of aromatic amines is 2. The van der Waals surface area contributed by atoms with Crippen LogP contribution in [0.1, 0.15) is 31.7 Å². The van der Waals surface area contributed by atoms with Crippen molar-refractivity contribution in [1.82, 2.24) is 25.1 Å². The molecule has 1 aliphatic rings. The van der Waals surface area contributed by atoms with Crippen molar-refractivity contribution in [3.05, 3.63) is 90.5 Å². The zero-order chi connectivity index (χ0) is 25.6. The number of halogens is 1. The van der Waals surface area contributed by atoms with Crippen LogP contribution in [0.25, 0.3) is 39.8 Å². The molecule has 0 spiro atoms. The van der Waals surface area contributed by atoms with Gasteiger partial charge in [0.2, 0.25) is 0 Å². The number of imidazole rings is 1. The highest BCUT2D eigenvalue weighted by Gasteiger charge is 2.15. The number of H-pyrrole nitrogens is 2. The molecule has 2 aromatic heterocycles. The summed E-state index contributed by atoms with van der Waals surface area (Å²) in [5.74, 6) is 0.391. The third-order valence-corrected chi connectivity index (χ3v) is 6.63. The number of nitrogens with one attached hydrogen (secondary N) is 2. The SMILES string of the molecule is C=CC(CN1CCCCC1)=NC(=C\C)/C=C/c1cn[nH]c1-c1nc2c(-c3cccc(F)c3)cccc2[nH]1. The van der Waals surface area contributed by atoms with Crippen molar-refractivity contribution in [3.8, 4) is 22.6 Å². The number of piperidine rings is 1. The predicted molar refractivity (Wildman–Crippen MR) is 150 cm³/mol. The average molecular weight is 495 g/mol. The summed E-state index contributed by atoms with van der Waals surface area (Å²) in [6.07, 6.45) is 13.4. The Hall–Kier alpha value is -4.10. The molecule has 3 heterocycles. The second kappa shape index (κ2) is 11.3. The van der Waals surface area contributed by atoms with Gasteiger partial charge in [-0.25, -0.2) is 9.37 Å². The lowest BCUT2D eigenvalue weighted by atomic mass is 10.0. The van der Waals surface area contributed by atoms with E-state index in [9.17, 15) is 4.39 Å². The molecule has 0 amide bonds. The third kappa shape index (κ3) is 5.67. The quantitative estimate of drug-likeness (QED) is 0.209. The molecule has 2 aromatic carbocycles. The molecule has 188 valence electrons. The van der Waals surface area contributed by atoms with Crippen LogP contribution in [0, 0.1) is 5.82 Å². The highest BCUT2D eigenvalue weighted by Crippen LogP contribution is 2.30. The second-order valence-corrected chi connectivity index (χ2v) is 9.19. The molecular formula is C30H31FN6. The monoisotopic (exact) mass is 494 g/mol. The fraction of sp³-hybridized carbons (Fsp3) is 0.233. The molecule has 0 radical (unpaired) electrons. The molecule has 2 N–H and O–H groups in total. The van der Waals surface area contributed by atoms with Crippen LogP contribution in [-0.2, 0) is 0 Å². The molecule has 0 unspecified atom stereocenters. The number of para-hydroxylation sites is 1. The van der Waals surface area contributed by atoms with Crippen LogP contribution < -0.4 is 0 Å². The lowest BCUT2D eigenvalue weighted by Gasteiger charge is -2.26. The van der Waals surface area contributed by atoms with Crippen LogP contribution in [0.5, 0.6) is 0 Å². The van der Waals surface area contributed by atoms with E-state index < -0.39 is 0 Å². The normalized spacial score (nSPS) is 15.6. The number of benzene rings is 2. The Kier molecular flexibility index (Phi) is 7.51. The van der Waals surface area contributed by atoms with E-state index in [2.05, 4.69) is 26.7 Å². The van der Waals surface area contributed by atoms with E-state index in [0.29, 0.717) is 5.82 Å². The van der Waals surface area contributed by atoms with E-state index in [0.717, 1.165) is 64.5 Å². The van der Waals surface area contributed by atoms with E-state index in [1.54, 1.807) is 12.3 Å². The van der Waals surface area contributed by atoms with Crippen LogP contribution in [0.4, 0.5) is 4.39 Å². The van der Waals surface area contributed by atoms with Crippen LogP contribution in [0.2, 0.25) is 0 Å². The molecule has 1 aliphatic heterocycles. The maximum Gasteiger partial charge on any atom is 0.157 e. The van der Waals surface area contributed by atoms with Crippen molar-refractivity contribution in [2.45, 2.75) is 26.2 Å². The van der Waals surface area contributed by atoms with Crippen molar-refractivity contribution in [1.29, 1.82) is 0 Å². The molecule has 5 rings (SSSR count). The number of fused-ring (bicyclic) bond motifs is 1. The van der Waals surface area contributed by atoms with Gasteiger partial charge in [0.25, 0.3) is 0 Å². The van der Waals surface area contributed by atoms with E-state index in [-0.39, 0.29) is 5.82 Å². The molecule has 4 aromatic rings. The summed E-state index contributed by atoms with van der Waals surface area (Å²) in [4.78, 5) is 15.5. The van der Waals surface area contributed by atoms with E-state index in [1.165, 1.54) is 31.4 Å². The van der Waals surface area contributed by atoms with E-state index in [4.69, 9.17) is 9.98 Å². The molecule has 0 aliphatic carbocycles. The van der Waals surface area contributed by atoms with Gasteiger partial charge in [-0.05, 0) is 74.8 Å². The number of hydrogen-bond donors (Lipinski definition) is 2. The summed E-state index contributed by atoms with van der Waals surface area (Å²) in [6.45, 7) is 9.00. The average Bonchev–Trinajstić information content (AvgIpc) is 3.57. The fourth-order valence-electron chi connectivity index (χ4n) is 4.68. The molecule has 0 atom stereocenters.